The van der Waals surface area contributed by atoms with E-state index in [0.717, 1.165) is 12.1 Å². The van der Waals surface area contributed by atoms with Crippen LogP contribution in [0.3, 0.4) is 0 Å². The highest BCUT2D eigenvalue weighted by molar-refractivity contribution is 5.98. The highest BCUT2D eigenvalue weighted by Crippen LogP contribution is 2.30. The molecule has 0 radical (unpaired) electrons. The van der Waals surface area contributed by atoms with Gasteiger partial charge in [0.25, 0.3) is 0 Å². The maximum Gasteiger partial charge on any atom is 0.0568 e. The summed E-state index contributed by atoms with van der Waals surface area (Å²) < 4.78 is 2.02. The molecule has 0 fully saturated rings. The van der Waals surface area contributed by atoms with E-state index in [-0.39, 0.29) is 0 Å². The van der Waals surface area contributed by atoms with E-state index in [0.29, 0.717) is 12.5 Å². The number of hydrogen-bond donors (Lipinski definition) is 1. The van der Waals surface area contributed by atoms with E-state index in [9.17, 15) is 0 Å². The fourth-order valence-corrected chi connectivity index (χ4v) is 2.77. The largest absolute Gasteiger partial charge is 0.326 e. The Morgan fingerprint density at radius 2 is 1.86 bits per heavy atom. The van der Waals surface area contributed by atoms with Crippen LogP contribution in [0.25, 0.3) is 21.9 Å². The molecule has 0 aliphatic heterocycles. The van der Waals surface area contributed by atoms with Gasteiger partial charge in [-0.05, 0) is 27.8 Å². The van der Waals surface area contributed by atoms with Gasteiger partial charge in [0.2, 0.25) is 0 Å². The van der Waals surface area contributed by atoms with Gasteiger partial charge in [0.05, 0.1) is 6.20 Å². The van der Waals surface area contributed by atoms with Crippen LogP contribution >= 0.6 is 0 Å². The Bertz CT molecular complexity index is 756. The van der Waals surface area contributed by atoms with Gasteiger partial charge in [0, 0.05) is 24.8 Å². The predicted octanol–water partition coefficient (Wildman–Crippen LogP) is 3.82. The van der Waals surface area contributed by atoms with Gasteiger partial charge in [-0.3, -0.25) is 4.68 Å². The molecule has 0 unspecified atom stereocenters. The van der Waals surface area contributed by atoms with E-state index in [1.165, 1.54) is 21.9 Å². The van der Waals surface area contributed by atoms with Crippen LogP contribution in [0.2, 0.25) is 0 Å². The van der Waals surface area contributed by atoms with Crippen molar-refractivity contribution in [1.82, 2.24) is 9.78 Å². The standard InChI is InChI=1S/C18H21N3/c1-13(2)11-21-12-15(10-20-21)17-8-7-14(9-19)16-5-3-4-6-18(16)17/h3-8,10,12-13H,9,11,19H2,1-2H3. The Kier molecular flexibility index (Phi) is 3.76. The number of rotatable bonds is 4. The molecule has 3 nitrogen and oxygen atoms in total. The minimum Gasteiger partial charge on any atom is -0.326 e. The fraction of sp³-hybridized carbons (Fsp3) is 0.278. The molecule has 3 aromatic rings. The zero-order valence-corrected chi connectivity index (χ0v) is 12.6. The smallest absolute Gasteiger partial charge is 0.0568 e. The molecule has 21 heavy (non-hydrogen) atoms. The van der Waals surface area contributed by atoms with Gasteiger partial charge in [0.15, 0.2) is 0 Å². The van der Waals surface area contributed by atoms with Crippen molar-refractivity contribution in [2.75, 3.05) is 0 Å². The average molecular weight is 279 g/mol. The zero-order chi connectivity index (χ0) is 14.8. The van der Waals surface area contributed by atoms with E-state index in [1.807, 2.05) is 10.9 Å². The molecule has 108 valence electrons. The van der Waals surface area contributed by atoms with E-state index in [2.05, 4.69) is 61.5 Å². The monoisotopic (exact) mass is 279 g/mol. The first-order chi connectivity index (χ1) is 10.2. The van der Waals surface area contributed by atoms with Crippen molar-refractivity contribution in [1.29, 1.82) is 0 Å². The van der Waals surface area contributed by atoms with Crippen LogP contribution in [0.5, 0.6) is 0 Å². The van der Waals surface area contributed by atoms with Crippen molar-refractivity contribution in [2.45, 2.75) is 26.9 Å². The van der Waals surface area contributed by atoms with Crippen LogP contribution in [0.4, 0.5) is 0 Å². The second-order valence-electron chi connectivity index (χ2n) is 5.87. The lowest BCUT2D eigenvalue weighted by Gasteiger charge is -2.09. The highest BCUT2D eigenvalue weighted by atomic mass is 15.3. The molecule has 0 saturated heterocycles. The SMILES string of the molecule is CC(C)Cn1cc(-c2ccc(CN)c3ccccc23)cn1. The first-order valence-corrected chi connectivity index (χ1v) is 7.42. The first-order valence-electron chi connectivity index (χ1n) is 7.42. The number of nitrogens with two attached hydrogens (primary N) is 1. The molecule has 0 aliphatic rings. The number of nitrogens with zero attached hydrogens (tertiary/aromatic N) is 2. The van der Waals surface area contributed by atoms with Crippen LogP contribution in [-0.4, -0.2) is 9.78 Å². The van der Waals surface area contributed by atoms with Crippen molar-refractivity contribution < 1.29 is 0 Å². The zero-order valence-electron chi connectivity index (χ0n) is 12.6. The third-order valence-corrected chi connectivity index (χ3v) is 3.73. The van der Waals surface area contributed by atoms with Gasteiger partial charge in [-0.15, -0.1) is 0 Å². The second kappa shape index (κ2) is 5.70. The lowest BCUT2D eigenvalue weighted by atomic mass is 9.97. The van der Waals surface area contributed by atoms with Crippen molar-refractivity contribution in [3.63, 3.8) is 0 Å². The Morgan fingerprint density at radius 3 is 2.57 bits per heavy atom. The summed E-state index contributed by atoms with van der Waals surface area (Å²) in [6.45, 7) is 5.91. The molecule has 3 rings (SSSR count). The minimum absolute atomic E-state index is 0.563. The topological polar surface area (TPSA) is 43.8 Å². The third-order valence-electron chi connectivity index (χ3n) is 3.73. The lowest BCUT2D eigenvalue weighted by Crippen LogP contribution is -2.04. The highest BCUT2D eigenvalue weighted by Gasteiger charge is 2.09. The van der Waals surface area contributed by atoms with Crippen LogP contribution in [-0.2, 0) is 13.1 Å². The van der Waals surface area contributed by atoms with Gasteiger partial charge in [0.1, 0.15) is 0 Å². The van der Waals surface area contributed by atoms with Crippen molar-refractivity contribution in [2.24, 2.45) is 11.7 Å². The molecule has 1 heterocycles. The molecule has 3 heteroatoms. The molecular formula is C18H21N3. The fourth-order valence-electron chi connectivity index (χ4n) is 2.77. The average Bonchev–Trinajstić information content (AvgIpc) is 2.93. The van der Waals surface area contributed by atoms with Crippen molar-refractivity contribution in [3.05, 3.63) is 54.4 Å². The van der Waals surface area contributed by atoms with E-state index < -0.39 is 0 Å². The van der Waals surface area contributed by atoms with Crippen LogP contribution < -0.4 is 5.73 Å². The van der Waals surface area contributed by atoms with E-state index in [4.69, 9.17) is 5.73 Å². The number of benzene rings is 2. The molecule has 0 amide bonds. The molecule has 0 atom stereocenters. The Hall–Kier alpha value is -2.13. The summed E-state index contributed by atoms with van der Waals surface area (Å²) in [5, 5.41) is 6.95. The van der Waals surface area contributed by atoms with E-state index in [1.54, 1.807) is 0 Å². The molecular weight excluding hydrogens is 258 g/mol. The Morgan fingerprint density at radius 1 is 1.10 bits per heavy atom. The summed E-state index contributed by atoms with van der Waals surface area (Å²) in [5.74, 6) is 0.592. The van der Waals surface area contributed by atoms with Gasteiger partial charge < -0.3 is 5.73 Å². The Labute approximate surface area is 125 Å². The first kappa shape index (κ1) is 13.8. The molecule has 1 aromatic heterocycles. The maximum absolute atomic E-state index is 5.85. The molecule has 2 N–H and O–H groups in total. The number of hydrogen-bond acceptors (Lipinski definition) is 2. The summed E-state index contributed by atoms with van der Waals surface area (Å²) in [6, 6.07) is 12.7. The minimum atomic E-state index is 0.563. The molecule has 2 aromatic carbocycles. The van der Waals surface area contributed by atoms with Crippen molar-refractivity contribution >= 4 is 10.8 Å². The van der Waals surface area contributed by atoms with Crippen LogP contribution in [0.1, 0.15) is 19.4 Å². The van der Waals surface area contributed by atoms with Gasteiger partial charge in [-0.25, -0.2) is 0 Å². The van der Waals surface area contributed by atoms with Gasteiger partial charge in [-0.2, -0.15) is 5.10 Å². The summed E-state index contributed by atoms with van der Waals surface area (Å²) in [6.07, 6.45) is 4.08. The Balaban J connectivity index is 2.10. The van der Waals surface area contributed by atoms with Gasteiger partial charge in [-0.1, -0.05) is 50.2 Å². The third kappa shape index (κ3) is 2.69. The van der Waals surface area contributed by atoms with Crippen LogP contribution in [0.15, 0.2) is 48.8 Å². The second-order valence-corrected chi connectivity index (χ2v) is 5.87. The quantitative estimate of drug-likeness (QED) is 0.789. The van der Waals surface area contributed by atoms with E-state index >= 15 is 0 Å². The lowest BCUT2D eigenvalue weighted by molar-refractivity contribution is 0.483. The van der Waals surface area contributed by atoms with Crippen LogP contribution in [0, 0.1) is 5.92 Å². The molecule has 0 bridgehead atoms. The van der Waals surface area contributed by atoms with Crippen molar-refractivity contribution in [3.8, 4) is 11.1 Å². The summed E-state index contributed by atoms with van der Waals surface area (Å²) in [4.78, 5) is 0. The maximum atomic E-state index is 5.85. The summed E-state index contributed by atoms with van der Waals surface area (Å²) >= 11 is 0. The molecule has 0 saturated carbocycles. The number of fused-ring (bicyclic) bond motifs is 1. The number of aromatic nitrogens is 2. The summed E-state index contributed by atoms with van der Waals surface area (Å²) in [7, 11) is 0. The summed E-state index contributed by atoms with van der Waals surface area (Å²) in [5.41, 5.74) is 9.41. The molecule has 0 spiro atoms. The normalized spacial score (nSPS) is 11.4. The predicted molar refractivity (Wildman–Crippen MR) is 87.9 cm³/mol. The van der Waals surface area contributed by atoms with Gasteiger partial charge >= 0.3 is 0 Å². The molecule has 0 aliphatic carbocycles.